The van der Waals surface area contributed by atoms with Crippen LogP contribution in [0.5, 0.6) is 46.0 Å². The first-order chi connectivity index (χ1) is 23.3. The summed E-state index contributed by atoms with van der Waals surface area (Å²) in [6.07, 6.45) is -1.73. The van der Waals surface area contributed by atoms with Gasteiger partial charge in [-0.1, -0.05) is 0 Å². The third kappa shape index (κ3) is 15.2. The van der Waals surface area contributed by atoms with E-state index >= 15 is 0 Å². The zero-order valence-electron chi connectivity index (χ0n) is 37.5. The topological polar surface area (TPSA) is 94.1 Å². The van der Waals surface area contributed by atoms with Gasteiger partial charge in [-0.05, 0) is 159 Å². The molecule has 0 bridgehead atoms. The van der Waals surface area contributed by atoms with Crippen molar-refractivity contribution in [3.8, 4) is 46.0 Å². The molecule has 0 aliphatic heterocycles. The molecule has 0 saturated heterocycles. The van der Waals surface area contributed by atoms with Crippen molar-refractivity contribution in [1.82, 2.24) is 0 Å². The highest BCUT2D eigenvalue weighted by Gasteiger charge is 2.40. The number of aliphatic hydroxyl groups is 1. The van der Waals surface area contributed by atoms with Crippen molar-refractivity contribution in [3.05, 3.63) is 23.3 Å². The van der Waals surface area contributed by atoms with Gasteiger partial charge in [-0.15, -0.1) is 0 Å². The fraction of sp³-hybridized carbons (Fsp3) is 0.727. The molecule has 0 aliphatic rings. The van der Waals surface area contributed by atoms with Crippen LogP contribution in [0.25, 0.3) is 0 Å². The van der Waals surface area contributed by atoms with E-state index in [2.05, 4.69) is 0 Å². The molecular formula is C44H74O9. The number of benzene rings is 2. The van der Waals surface area contributed by atoms with E-state index in [0.717, 1.165) is 0 Å². The Bertz CT molecular complexity index is 1540. The van der Waals surface area contributed by atoms with E-state index in [9.17, 15) is 5.11 Å². The third-order valence-electron chi connectivity index (χ3n) is 6.19. The molecule has 1 unspecified atom stereocenters. The van der Waals surface area contributed by atoms with Gasteiger partial charge in [0.25, 0.3) is 0 Å². The molecule has 53 heavy (non-hydrogen) atoms. The van der Waals surface area contributed by atoms with E-state index < -0.39 is 45.3 Å². The number of ether oxygens (including phenoxy) is 8. The molecule has 304 valence electrons. The molecule has 0 aromatic heterocycles. The predicted octanol–water partition coefficient (Wildman–Crippen LogP) is 11.8. The Morgan fingerprint density at radius 1 is 0.358 bits per heavy atom. The van der Waals surface area contributed by atoms with E-state index in [0.29, 0.717) is 45.8 Å². The number of rotatable bonds is 11. The molecule has 9 nitrogen and oxygen atoms in total. The lowest BCUT2D eigenvalue weighted by atomic mass is 9.94. The van der Waals surface area contributed by atoms with E-state index in [1.54, 1.807) is 12.1 Å². The lowest BCUT2D eigenvalue weighted by molar-refractivity contribution is 0.0669. The zero-order chi connectivity index (χ0) is 41.5. The summed E-state index contributed by atoms with van der Waals surface area (Å²) < 4.78 is 53.6. The molecular weight excluding hydrogens is 672 g/mol. The molecule has 0 amide bonds. The Hall–Kier alpha value is -3.20. The summed E-state index contributed by atoms with van der Waals surface area (Å²) in [6, 6.07) is 3.57. The maximum atomic E-state index is 13.3. The van der Waals surface area contributed by atoms with Crippen LogP contribution in [0.4, 0.5) is 0 Å². The van der Waals surface area contributed by atoms with E-state index in [-0.39, 0.29) is 17.4 Å². The van der Waals surface area contributed by atoms with Crippen molar-refractivity contribution in [1.29, 1.82) is 0 Å². The van der Waals surface area contributed by atoms with Gasteiger partial charge in [-0.2, -0.15) is 0 Å². The largest absolute Gasteiger partial charge is 0.487 e. The van der Waals surface area contributed by atoms with E-state index in [1.165, 1.54) is 0 Å². The van der Waals surface area contributed by atoms with Crippen LogP contribution in [0.15, 0.2) is 12.1 Å². The highest BCUT2D eigenvalue weighted by molar-refractivity contribution is 5.69. The second-order valence-corrected chi connectivity index (χ2v) is 21.0. The quantitative estimate of drug-likeness (QED) is 0.241. The van der Waals surface area contributed by atoms with Gasteiger partial charge in [-0.25, -0.2) is 0 Å². The molecule has 1 N–H and O–H groups in total. The molecule has 0 saturated carbocycles. The van der Waals surface area contributed by atoms with Crippen molar-refractivity contribution in [2.45, 2.75) is 211 Å². The zero-order valence-corrected chi connectivity index (χ0v) is 37.5. The Morgan fingerprint density at radius 2 is 0.642 bits per heavy atom. The molecule has 0 spiro atoms. The second-order valence-electron chi connectivity index (χ2n) is 21.0. The Morgan fingerprint density at radius 3 is 1.00 bits per heavy atom. The van der Waals surface area contributed by atoms with Crippen LogP contribution in [0.1, 0.15) is 176 Å². The fourth-order valence-electron chi connectivity index (χ4n) is 5.08. The van der Waals surface area contributed by atoms with Crippen molar-refractivity contribution in [2.24, 2.45) is 0 Å². The summed E-state index contributed by atoms with van der Waals surface area (Å²) in [5.74, 6) is 2.71. The maximum absolute atomic E-state index is 13.3. The molecule has 2 rings (SSSR count). The summed E-state index contributed by atoms with van der Waals surface area (Å²) in [4.78, 5) is 0. The lowest BCUT2D eigenvalue weighted by Crippen LogP contribution is -2.31. The minimum Gasteiger partial charge on any atom is -0.487 e. The van der Waals surface area contributed by atoms with Crippen molar-refractivity contribution in [3.63, 3.8) is 0 Å². The average Bonchev–Trinajstić information content (AvgIpc) is 2.82. The standard InChI is InChI=1S/C44H74O9/c1-26(2)46-28-25-29(48-39(6,7)8)35(51-42(15,16)17)32(34(28)50-41(12,13)14)33(45)31-27(47-38(3,4)5)24-30(49-40(9,10)11)36(52-43(18,19)20)37(31)53-44(21,22)23/h24-26,33,45H,1-23H3. The number of hydrogen-bond donors (Lipinski definition) is 1. The van der Waals surface area contributed by atoms with Crippen LogP contribution in [0, 0.1) is 0 Å². The number of aliphatic hydroxyl groups excluding tert-OH is 1. The predicted molar refractivity (Wildman–Crippen MR) is 215 cm³/mol. The second kappa shape index (κ2) is 15.5. The SMILES string of the molecule is CC(C)Oc1cc(OC(C)(C)C)c(OC(C)(C)C)c(C(O)c2c(OC(C)(C)C)cc(OC(C)(C)C)c(OC(C)(C)C)c2OC(C)(C)C)c1OC(C)(C)C. The van der Waals surface area contributed by atoms with Crippen LogP contribution in [0.2, 0.25) is 0 Å². The van der Waals surface area contributed by atoms with E-state index in [4.69, 9.17) is 37.9 Å². The minimum atomic E-state index is -1.50. The Balaban J connectivity index is 3.50. The first kappa shape index (κ1) is 46.0. The first-order valence-corrected chi connectivity index (χ1v) is 18.9. The van der Waals surface area contributed by atoms with Crippen LogP contribution >= 0.6 is 0 Å². The lowest BCUT2D eigenvalue weighted by Gasteiger charge is -2.36. The molecule has 0 radical (unpaired) electrons. The van der Waals surface area contributed by atoms with Gasteiger partial charge in [0.1, 0.15) is 51.1 Å². The highest BCUT2D eigenvalue weighted by atomic mass is 16.6. The molecule has 2 aromatic rings. The average molecular weight is 747 g/mol. The third-order valence-corrected chi connectivity index (χ3v) is 6.19. The van der Waals surface area contributed by atoms with E-state index in [1.807, 2.05) is 159 Å². The first-order valence-electron chi connectivity index (χ1n) is 18.9. The van der Waals surface area contributed by atoms with Crippen LogP contribution in [-0.2, 0) is 0 Å². The van der Waals surface area contributed by atoms with Gasteiger partial charge in [0, 0.05) is 12.1 Å². The molecule has 9 heteroatoms. The van der Waals surface area contributed by atoms with Gasteiger partial charge in [0.05, 0.1) is 17.2 Å². The minimum absolute atomic E-state index is 0.237. The summed E-state index contributed by atoms with van der Waals surface area (Å²) in [5, 5.41) is 13.3. The molecule has 0 heterocycles. The maximum Gasteiger partial charge on any atom is 0.204 e. The smallest absolute Gasteiger partial charge is 0.204 e. The highest BCUT2D eigenvalue weighted by Crippen LogP contribution is 2.58. The van der Waals surface area contributed by atoms with Gasteiger partial charge in [-0.3, -0.25) is 0 Å². The summed E-state index contributed by atoms with van der Waals surface area (Å²) >= 11 is 0. The molecule has 0 aliphatic carbocycles. The van der Waals surface area contributed by atoms with Crippen molar-refractivity contribution < 1.29 is 43.0 Å². The summed E-state index contributed by atoms with van der Waals surface area (Å²) in [7, 11) is 0. The Kier molecular flexibility index (Phi) is 13.4. The van der Waals surface area contributed by atoms with Gasteiger partial charge in [0.15, 0.2) is 34.5 Å². The summed E-state index contributed by atoms with van der Waals surface area (Å²) in [6.45, 7) is 44.9. The molecule has 0 fully saturated rings. The van der Waals surface area contributed by atoms with Crippen LogP contribution in [-0.4, -0.2) is 50.4 Å². The van der Waals surface area contributed by atoms with Gasteiger partial charge in [0.2, 0.25) is 5.75 Å². The molecule has 1 atom stereocenters. The van der Waals surface area contributed by atoms with Crippen LogP contribution in [0.3, 0.4) is 0 Å². The van der Waals surface area contributed by atoms with Crippen LogP contribution < -0.4 is 37.9 Å². The van der Waals surface area contributed by atoms with Crippen molar-refractivity contribution in [2.75, 3.05) is 0 Å². The van der Waals surface area contributed by atoms with Gasteiger partial charge < -0.3 is 43.0 Å². The number of hydrogen-bond acceptors (Lipinski definition) is 9. The monoisotopic (exact) mass is 747 g/mol. The normalized spacial score (nSPS) is 14.1. The Labute approximate surface area is 322 Å². The summed E-state index contributed by atoms with van der Waals surface area (Å²) in [5.41, 5.74) is -4.22. The van der Waals surface area contributed by atoms with Gasteiger partial charge >= 0.3 is 0 Å². The molecule has 2 aromatic carbocycles. The van der Waals surface area contributed by atoms with Crippen molar-refractivity contribution >= 4 is 0 Å². The fourth-order valence-corrected chi connectivity index (χ4v) is 5.08.